The minimum Gasteiger partial charge on any atom is -0.370 e. The molecule has 1 heterocycles. The zero-order valence-corrected chi connectivity index (χ0v) is 9.11. The number of benzene rings is 1. The highest BCUT2D eigenvalue weighted by Crippen LogP contribution is 2.19. The fourth-order valence-electron chi connectivity index (χ4n) is 1.99. The third-order valence-corrected chi connectivity index (χ3v) is 2.99. The number of rotatable bonds is 2. The van der Waals surface area contributed by atoms with Gasteiger partial charge in [0.05, 0.1) is 12.3 Å². The lowest BCUT2D eigenvalue weighted by Gasteiger charge is -2.35. The third kappa shape index (κ3) is 2.70. The van der Waals surface area contributed by atoms with Crippen LogP contribution in [0, 0.1) is 5.92 Å². The van der Waals surface area contributed by atoms with Crippen molar-refractivity contribution in [2.45, 2.75) is 32.1 Å². The molecule has 3 unspecified atom stereocenters. The Labute approximate surface area is 91.1 Å². The van der Waals surface area contributed by atoms with Gasteiger partial charge in [-0.3, -0.25) is 5.32 Å². The van der Waals surface area contributed by atoms with E-state index in [-0.39, 0.29) is 12.3 Å². The molecule has 2 rings (SSSR count). The summed E-state index contributed by atoms with van der Waals surface area (Å²) in [5.41, 5.74) is 7.04. The number of hydrogen-bond donors (Lipinski definition) is 3. The SMILES string of the molecule is CC1CCC(N)NC1Nc1ccccc1. The molecule has 1 fully saturated rings. The maximum atomic E-state index is 5.89. The molecule has 4 N–H and O–H groups in total. The normalized spacial score (nSPS) is 31.2. The van der Waals surface area contributed by atoms with Gasteiger partial charge < -0.3 is 11.1 Å². The Kier molecular flexibility index (Phi) is 3.23. The van der Waals surface area contributed by atoms with E-state index in [4.69, 9.17) is 5.73 Å². The highest BCUT2D eigenvalue weighted by molar-refractivity contribution is 5.43. The lowest BCUT2D eigenvalue weighted by molar-refractivity contribution is 0.269. The van der Waals surface area contributed by atoms with Crippen LogP contribution in [0.4, 0.5) is 5.69 Å². The van der Waals surface area contributed by atoms with Crippen molar-refractivity contribution in [1.82, 2.24) is 5.32 Å². The van der Waals surface area contributed by atoms with Gasteiger partial charge in [0.2, 0.25) is 0 Å². The molecular formula is C12H19N3. The van der Waals surface area contributed by atoms with Crippen LogP contribution in [0.2, 0.25) is 0 Å². The van der Waals surface area contributed by atoms with Crippen molar-refractivity contribution >= 4 is 5.69 Å². The number of piperidine rings is 1. The number of nitrogens with two attached hydrogens (primary N) is 1. The van der Waals surface area contributed by atoms with Crippen LogP contribution < -0.4 is 16.4 Å². The lowest BCUT2D eigenvalue weighted by Crippen LogP contribution is -2.54. The molecule has 0 spiro atoms. The number of nitrogens with one attached hydrogen (secondary N) is 2. The Bertz CT molecular complexity index is 299. The van der Waals surface area contributed by atoms with Crippen LogP contribution in [0.3, 0.4) is 0 Å². The second-order valence-corrected chi connectivity index (χ2v) is 4.32. The summed E-state index contributed by atoms with van der Waals surface area (Å²) in [6.07, 6.45) is 2.66. The number of anilines is 1. The zero-order valence-electron chi connectivity index (χ0n) is 9.11. The molecule has 1 aromatic carbocycles. The summed E-state index contributed by atoms with van der Waals surface area (Å²) in [4.78, 5) is 0. The fraction of sp³-hybridized carbons (Fsp3) is 0.500. The Balaban J connectivity index is 1.98. The van der Waals surface area contributed by atoms with Crippen LogP contribution in [0.5, 0.6) is 0 Å². The van der Waals surface area contributed by atoms with E-state index in [1.807, 2.05) is 18.2 Å². The first-order valence-electron chi connectivity index (χ1n) is 5.59. The molecule has 1 saturated heterocycles. The molecule has 0 aromatic heterocycles. The van der Waals surface area contributed by atoms with Gasteiger partial charge in [-0.1, -0.05) is 25.1 Å². The average Bonchev–Trinajstić information content (AvgIpc) is 2.25. The van der Waals surface area contributed by atoms with Crippen molar-refractivity contribution in [2.24, 2.45) is 11.7 Å². The molecule has 1 aliphatic heterocycles. The predicted molar refractivity (Wildman–Crippen MR) is 63.4 cm³/mol. The summed E-state index contributed by atoms with van der Waals surface area (Å²) in [5, 5.41) is 6.85. The summed E-state index contributed by atoms with van der Waals surface area (Å²) < 4.78 is 0. The minimum atomic E-state index is 0.127. The average molecular weight is 205 g/mol. The summed E-state index contributed by atoms with van der Waals surface area (Å²) in [6, 6.07) is 10.3. The Morgan fingerprint density at radius 1 is 1.27 bits per heavy atom. The van der Waals surface area contributed by atoms with Crippen molar-refractivity contribution in [1.29, 1.82) is 0 Å². The lowest BCUT2D eigenvalue weighted by atomic mass is 9.96. The Morgan fingerprint density at radius 3 is 2.73 bits per heavy atom. The molecule has 15 heavy (non-hydrogen) atoms. The standard InChI is InChI=1S/C12H19N3/c1-9-7-8-11(13)15-12(9)14-10-5-3-2-4-6-10/h2-6,9,11-12,14-15H,7-8,13H2,1H3. The zero-order chi connectivity index (χ0) is 10.7. The van der Waals surface area contributed by atoms with Crippen molar-refractivity contribution in [2.75, 3.05) is 5.32 Å². The van der Waals surface area contributed by atoms with Gasteiger partial charge in [-0.2, -0.15) is 0 Å². The topological polar surface area (TPSA) is 50.1 Å². The van der Waals surface area contributed by atoms with Gasteiger partial charge in [0, 0.05) is 5.69 Å². The molecule has 0 bridgehead atoms. The second-order valence-electron chi connectivity index (χ2n) is 4.32. The molecule has 0 saturated carbocycles. The van der Waals surface area contributed by atoms with Gasteiger partial charge in [-0.25, -0.2) is 0 Å². The summed E-state index contributed by atoms with van der Waals surface area (Å²) >= 11 is 0. The molecular weight excluding hydrogens is 186 g/mol. The smallest absolute Gasteiger partial charge is 0.0806 e. The third-order valence-electron chi connectivity index (χ3n) is 2.99. The van der Waals surface area contributed by atoms with Crippen molar-refractivity contribution in [3.63, 3.8) is 0 Å². The quantitative estimate of drug-likeness (QED) is 0.689. The first-order valence-corrected chi connectivity index (χ1v) is 5.59. The Morgan fingerprint density at radius 2 is 2.00 bits per heavy atom. The van der Waals surface area contributed by atoms with Crippen LogP contribution in [-0.4, -0.2) is 12.3 Å². The predicted octanol–water partition coefficient (Wildman–Crippen LogP) is 1.73. The van der Waals surface area contributed by atoms with Crippen molar-refractivity contribution < 1.29 is 0 Å². The van der Waals surface area contributed by atoms with Crippen molar-refractivity contribution in [3.05, 3.63) is 30.3 Å². The maximum Gasteiger partial charge on any atom is 0.0806 e. The molecule has 82 valence electrons. The van der Waals surface area contributed by atoms with E-state index in [0.717, 1.165) is 12.1 Å². The molecule has 0 radical (unpaired) electrons. The molecule has 3 nitrogen and oxygen atoms in total. The van der Waals surface area contributed by atoms with Crippen molar-refractivity contribution in [3.8, 4) is 0 Å². The van der Waals surface area contributed by atoms with Gasteiger partial charge in [0.15, 0.2) is 0 Å². The molecule has 1 aromatic rings. The summed E-state index contributed by atoms with van der Waals surface area (Å²) in [6.45, 7) is 2.25. The maximum absolute atomic E-state index is 5.89. The van der Waals surface area contributed by atoms with E-state index in [2.05, 4.69) is 29.7 Å². The van der Waals surface area contributed by atoms with E-state index in [0.29, 0.717) is 5.92 Å². The van der Waals surface area contributed by atoms with Crippen LogP contribution in [0.15, 0.2) is 30.3 Å². The number of para-hydroxylation sites is 1. The Hall–Kier alpha value is -1.06. The van der Waals surface area contributed by atoms with E-state index in [1.165, 1.54) is 6.42 Å². The monoisotopic (exact) mass is 205 g/mol. The second kappa shape index (κ2) is 4.64. The van der Waals surface area contributed by atoms with E-state index < -0.39 is 0 Å². The van der Waals surface area contributed by atoms with Crippen LogP contribution >= 0.6 is 0 Å². The number of hydrogen-bond acceptors (Lipinski definition) is 3. The van der Waals surface area contributed by atoms with Gasteiger partial charge in [0.25, 0.3) is 0 Å². The van der Waals surface area contributed by atoms with Gasteiger partial charge >= 0.3 is 0 Å². The minimum absolute atomic E-state index is 0.127. The molecule has 0 aliphatic carbocycles. The fourth-order valence-corrected chi connectivity index (χ4v) is 1.99. The highest BCUT2D eigenvalue weighted by atomic mass is 15.2. The molecule has 1 aliphatic rings. The molecule has 3 heteroatoms. The van der Waals surface area contributed by atoms with Crippen LogP contribution in [0.25, 0.3) is 0 Å². The van der Waals surface area contributed by atoms with E-state index in [1.54, 1.807) is 0 Å². The van der Waals surface area contributed by atoms with Gasteiger partial charge in [0.1, 0.15) is 0 Å². The summed E-state index contributed by atoms with van der Waals surface area (Å²) in [7, 11) is 0. The van der Waals surface area contributed by atoms with E-state index >= 15 is 0 Å². The summed E-state index contributed by atoms with van der Waals surface area (Å²) in [5.74, 6) is 0.616. The first-order chi connectivity index (χ1) is 7.25. The molecule has 3 atom stereocenters. The first kappa shape index (κ1) is 10.5. The van der Waals surface area contributed by atoms with Crippen LogP contribution in [-0.2, 0) is 0 Å². The van der Waals surface area contributed by atoms with Crippen LogP contribution in [0.1, 0.15) is 19.8 Å². The highest BCUT2D eigenvalue weighted by Gasteiger charge is 2.24. The molecule has 0 amide bonds. The van der Waals surface area contributed by atoms with Gasteiger partial charge in [-0.05, 0) is 30.9 Å². The van der Waals surface area contributed by atoms with Gasteiger partial charge in [-0.15, -0.1) is 0 Å². The van der Waals surface area contributed by atoms with E-state index in [9.17, 15) is 0 Å². The largest absolute Gasteiger partial charge is 0.370 e.